The molecule has 0 heterocycles. The average Bonchev–Trinajstić information content (AvgIpc) is 2.75. The molecule has 160 valence electrons. The zero-order valence-electron chi connectivity index (χ0n) is 16.7. The van der Waals surface area contributed by atoms with Gasteiger partial charge in [-0.25, -0.2) is 8.42 Å². The van der Waals surface area contributed by atoms with E-state index in [1.807, 2.05) is 0 Å². The average molecular weight is 441 g/mol. The number of hydrogen-bond donors (Lipinski definition) is 2. The van der Waals surface area contributed by atoms with Gasteiger partial charge in [0, 0.05) is 23.4 Å². The summed E-state index contributed by atoms with van der Waals surface area (Å²) in [6.45, 7) is 1.70. The fraction of sp³-hybridized carbons (Fsp3) is 0.0952. The minimum absolute atomic E-state index is 0.0409. The molecule has 3 rings (SSSR count). The normalized spacial score (nSPS) is 10.9. The fourth-order valence-electron chi connectivity index (χ4n) is 2.73. The third-order valence-electron chi connectivity index (χ3n) is 4.43. The summed E-state index contributed by atoms with van der Waals surface area (Å²) in [4.78, 5) is 23.0. The smallest absolute Gasteiger partial charge is 0.271 e. The van der Waals surface area contributed by atoms with Gasteiger partial charge in [0.25, 0.3) is 21.6 Å². The van der Waals surface area contributed by atoms with Gasteiger partial charge in [-0.15, -0.1) is 0 Å². The van der Waals surface area contributed by atoms with Gasteiger partial charge in [-0.3, -0.25) is 19.6 Å². The predicted octanol–water partition coefficient (Wildman–Crippen LogP) is 3.96. The van der Waals surface area contributed by atoms with Crippen molar-refractivity contribution in [1.29, 1.82) is 0 Å². The number of nitro benzene ring substituents is 1. The molecule has 1 amide bonds. The maximum absolute atomic E-state index is 12.7. The lowest BCUT2D eigenvalue weighted by Crippen LogP contribution is -2.16. The Hall–Kier alpha value is -3.92. The molecule has 3 aromatic carbocycles. The van der Waals surface area contributed by atoms with Crippen molar-refractivity contribution < 1.29 is 22.9 Å². The lowest BCUT2D eigenvalue weighted by Gasteiger charge is -2.13. The van der Waals surface area contributed by atoms with E-state index in [1.165, 1.54) is 67.8 Å². The predicted molar refractivity (Wildman–Crippen MR) is 116 cm³/mol. The maximum Gasteiger partial charge on any atom is 0.271 e. The number of aryl methyl sites for hydroxylation is 1. The number of nitro groups is 1. The Morgan fingerprint density at radius 2 is 1.74 bits per heavy atom. The second-order valence-electron chi connectivity index (χ2n) is 6.57. The number of benzene rings is 3. The summed E-state index contributed by atoms with van der Waals surface area (Å²) in [5.41, 5.74) is 1.13. The van der Waals surface area contributed by atoms with Crippen LogP contribution in [0.1, 0.15) is 15.9 Å². The summed E-state index contributed by atoms with van der Waals surface area (Å²) in [5.74, 6) is -0.0136. The second kappa shape index (κ2) is 8.84. The van der Waals surface area contributed by atoms with Crippen LogP contribution >= 0.6 is 0 Å². The first-order valence-electron chi connectivity index (χ1n) is 9.03. The van der Waals surface area contributed by atoms with Gasteiger partial charge in [0.15, 0.2) is 0 Å². The first-order chi connectivity index (χ1) is 14.7. The number of methoxy groups -OCH3 is 1. The Morgan fingerprint density at radius 1 is 1.03 bits per heavy atom. The van der Waals surface area contributed by atoms with E-state index in [-0.39, 0.29) is 27.5 Å². The zero-order chi connectivity index (χ0) is 22.6. The Kier molecular flexibility index (Phi) is 6.21. The molecule has 0 saturated carbocycles. The standard InChI is InChI=1S/C21H19N3O6S/c1-14-6-7-15(21(25)22-16-4-3-5-17(13-16)24(26)27)12-20(14)23-31(28,29)19-10-8-18(30-2)9-11-19/h3-13,23H,1-2H3,(H,22,25). The van der Waals surface area contributed by atoms with Crippen LogP contribution in [0, 0.1) is 17.0 Å². The van der Waals surface area contributed by atoms with Gasteiger partial charge in [-0.2, -0.15) is 0 Å². The number of amides is 1. The SMILES string of the molecule is COc1ccc(S(=O)(=O)Nc2cc(C(=O)Nc3cccc([N+](=O)[O-])c3)ccc2C)cc1. The molecule has 31 heavy (non-hydrogen) atoms. The molecule has 0 aliphatic heterocycles. The van der Waals surface area contributed by atoms with Crippen LogP contribution in [0.2, 0.25) is 0 Å². The molecule has 10 heteroatoms. The van der Waals surface area contributed by atoms with Crippen LogP contribution in [0.25, 0.3) is 0 Å². The highest BCUT2D eigenvalue weighted by Gasteiger charge is 2.17. The molecule has 0 aliphatic carbocycles. The summed E-state index contributed by atoms with van der Waals surface area (Å²) in [6.07, 6.45) is 0. The summed E-state index contributed by atoms with van der Waals surface area (Å²) in [6, 6.07) is 16.0. The summed E-state index contributed by atoms with van der Waals surface area (Å²) >= 11 is 0. The van der Waals surface area contributed by atoms with Gasteiger partial charge < -0.3 is 10.1 Å². The third-order valence-corrected chi connectivity index (χ3v) is 5.81. The number of rotatable bonds is 7. The minimum atomic E-state index is -3.89. The van der Waals surface area contributed by atoms with Gasteiger partial charge >= 0.3 is 0 Å². The van der Waals surface area contributed by atoms with Crippen molar-refractivity contribution in [3.63, 3.8) is 0 Å². The maximum atomic E-state index is 12.7. The zero-order valence-corrected chi connectivity index (χ0v) is 17.5. The highest BCUT2D eigenvalue weighted by Crippen LogP contribution is 2.24. The molecule has 3 aromatic rings. The van der Waals surface area contributed by atoms with Gasteiger partial charge in [-0.1, -0.05) is 12.1 Å². The number of nitrogens with one attached hydrogen (secondary N) is 2. The van der Waals surface area contributed by atoms with Crippen LogP contribution < -0.4 is 14.8 Å². The Balaban J connectivity index is 1.83. The van der Waals surface area contributed by atoms with E-state index in [9.17, 15) is 23.3 Å². The fourth-order valence-corrected chi connectivity index (χ4v) is 3.85. The number of nitrogens with zero attached hydrogens (tertiary/aromatic N) is 1. The van der Waals surface area contributed by atoms with E-state index in [4.69, 9.17) is 4.74 Å². The van der Waals surface area contributed by atoms with Crippen LogP contribution in [0.15, 0.2) is 71.6 Å². The Morgan fingerprint density at radius 3 is 2.39 bits per heavy atom. The van der Waals surface area contributed by atoms with Crippen molar-refractivity contribution in [2.75, 3.05) is 17.1 Å². The molecule has 0 saturated heterocycles. The number of non-ortho nitro benzene ring substituents is 1. The molecule has 0 fully saturated rings. The number of ether oxygens (including phenoxy) is 1. The largest absolute Gasteiger partial charge is 0.497 e. The van der Waals surface area contributed by atoms with E-state index in [0.29, 0.717) is 11.3 Å². The number of carbonyl (C=O) groups excluding carboxylic acids is 1. The molecule has 0 spiro atoms. The number of anilines is 2. The lowest BCUT2D eigenvalue weighted by molar-refractivity contribution is -0.384. The minimum Gasteiger partial charge on any atom is -0.497 e. The van der Waals surface area contributed by atoms with Crippen molar-refractivity contribution in [2.24, 2.45) is 0 Å². The van der Waals surface area contributed by atoms with E-state index in [1.54, 1.807) is 13.0 Å². The molecule has 9 nitrogen and oxygen atoms in total. The monoisotopic (exact) mass is 441 g/mol. The third kappa shape index (κ3) is 5.17. The molecule has 0 unspecified atom stereocenters. The van der Waals surface area contributed by atoms with Crippen molar-refractivity contribution in [3.8, 4) is 5.75 Å². The molecule has 0 radical (unpaired) electrons. The summed E-state index contributed by atoms with van der Waals surface area (Å²) in [7, 11) is -2.41. The van der Waals surface area contributed by atoms with Gasteiger partial charge in [0.2, 0.25) is 0 Å². The molecule has 0 aliphatic rings. The van der Waals surface area contributed by atoms with E-state index < -0.39 is 20.9 Å². The highest BCUT2D eigenvalue weighted by molar-refractivity contribution is 7.92. The first kappa shape index (κ1) is 21.8. The summed E-state index contributed by atoms with van der Waals surface area (Å²) < 4.78 is 32.9. The number of carbonyl (C=O) groups is 1. The molecule has 0 atom stereocenters. The van der Waals surface area contributed by atoms with Crippen LogP contribution in [0.5, 0.6) is 5.75 Å². The van der Waals surface area contributed by atoms with Crippen molar-refractivity contribution in [1.82, 2.24) is 0 Å². The molecular weight excluding hydrogens is 422 g/mol. The van der Waals surface area contributed by atoms with Crippen LogP contribution in [-0.4, -0.2) is 26.4 Å². The molecule has 0 bridgehead atoms. The van der Waals surface area contributed by atoms with Gasteiger partial charge in [0.05, 0.1) is 22.6 Å². The summed E-state index contributed by atoms with van der Waals surface area (Å²) in [5, 5.41) is 13.5. The quantitative estimate of drug-likeness (QED) is 0.422. The van der Waals surface area contributed by atoms with Crippen LogP contribution in [-0.2, 0) is 10.0 Å². The second-order valence-corrected chi connectivity index (χ2v) is 8.25. The van der Waals surface area contributed by atoms with E-state index in [0.717, 1.165) is 0 Å². The highest BCUT2D eigenvalue weighted by atomic mass is 32.2. The Bertz CT molecular complexity index is 1240. The molecule has 0 aromatic heterocycles. The molecule has 2 N–H and O–H groups in total. The van der Waals surface area contributed by atoms with Crippen LogP contribution in [0.4, 0.5) is 17.1 Å². The van der Waals surface area contributed by atoms with E-state index >= 15 is 0 Å². The molecular formula is C21H19N3O6S. The Labute approximate surface area is 178 Å². The number of hydrogen-bond acceptors (Lipinski definition) is 6. The van der Waals surface area contributed by atoms with Crippen molar-refractivity contribution >= 4 is 33.0 Å². The van der Waals surface area contributed by atoms with Crippen molar-refractivity contribution in [2.45, 2.75) is 11.8 Å². The first-order valence-corrected chi connectivity index (χ1v) is 10.5. The topological polar surface area (TPSA) is 128 Å². The van der Waals surface area contributed by atoms with Gasteiger partial charge in [-0.05, 0) is 55.0 Å². The van der Waals surface area contributed by atoms with Crippen molar-refractivity contribution in [3.05, 3.63) is 88.0 Å². The van der Waals surface area contributed by atoms with Gasteiger partial charge in [0.1, 0.15) is 5.75 Å². The van der Waals surface area contributed by atoms with E-state index in [2.05, 4.69) is 10.0 Å². The van der Waals surface area contributed by atoms with Crippen LogP contribution in [0.3, 0.4) is 0 Å². The number of sulfonamides is 1. The lowest BCUT2D eigenvalue weighted by atomic mass is 10.1.